The molecule has 6 heteroatoms. The fourth-order valence-electron chi connectivity index (χ4n) is 1.35. The van der Waals surface area contributed by atoms with Gasteiger partial charge in [0.2, 0.25) is 0 Å². The standard InChI is InChI=1S/C12H7ClF2N2O/c13-10-6-7(4-5-16-10)12(18)17-11-8(14)2-1-3-9(11)15/h1-6H,(H,17,18). The summed E-state index contributed by atoms with van der Waals surface area (Å²) in [4.78, 5) is 15.4. The van der Waals surface area contributed by atoms with Crippen LogP contribution in [0, 0.1) is 11.6 Å². The summed E-state index contributed by atoms with van der Waals surface area (Å²) in [5.41, 5.74) is -0.326. The van der Waals surface area contributed by atoms with Gasteiger partial charge in [0.25, 0.3) is 5.91 Å². The number of benzene rings is 1. The largest absolute Gasteiger partial charge is 0.317 e. The van der Waals surface area contributed by atoms with E-state index in [0.29, 0.717) is 0 Å². The quantitative estimate of drug-likeness (QED) is 0.850. The van der Waals surface area contributed by atoms with Crippen LogP contribution in [0.25, 0.3) is 0 Å². The van der Waals surface area contributed by atoms with E-state index in [-0.39, 0.29) is 10.7 Å². The highest BCUT2D eigenvalue weighted by Gasteiger charge is 2.13. The number of hydrogen-bond acceptors (Lipinski definition) is 2. The molecule has 1 aromatic heterocycles. The van der Waals surface area contributed by atoms with E-state index < -0.39 is 23.2 Å². The van der Waals surface area contributed by atoms with Crippen molar-refractivity contribution in [1.29, 1.82) is 0 Å². The molecule has 0 aliphatic rings. The topological polar surface area (TPSA) is 42.0 Å². The number of anilines is 1. The minimum Gasteiger partial charge on any atom is -0.317 e. The average molecular weight is 269 g/mol. The molecule has 92 valence electrons. The highest BCUT2D eigenvalue weighted by atomic mass is 35.5. The van der Waals surface area contributed by atoms with Gasteiger partial charge in [0.05, 0.1) is 0 Å². The molecule has 0 saturated carbocycles. The SMILES string of the molecule is O=C(Nc1c(F)cccc1F)c1ccnc(Cl)c1. The van der Waals surface area contributed by atoms with E-state index in [1.807, 2.05) is 0 Å². The van der Waals surface area contributed by atoms with Crippen LogP contribution in [0.5, 0.6) is 0 Å². The predicted molar refractivity (Wildman–Crippen MR) is 63.6 cm³/mol. The molecule has 0 aliphatic heterocycles. The lowest BCUT2D eigenvalue weighted by Crippen LogP contribution is -2.14. The van der Waals surface area contributed by atoms with Crippen molar-refractivity contribution < 1.29 is 13.6 Å². The van der Waals surface area contributed by atoms with Crippen molar-refractivity contribution in [2.45, 2.75) is 0 Å². The molecular weight excluding hydrogens is 262 g/mol. The molecule has 0 saturated heterocycles. The van der Waals surface area contributed by atoms with Crippen molar-refractivity contribution in [3.8, 4) is 0 Å². The number of halogens is 3. The average Bonchev–Trinajstić information content (AvgIpc) is 2.34. The second-order valence-electron chi connectivity index (χ2n) is 3.42. The molecule has 1 N–H and O–H groups in total. The zero-order valence-electron chi connectivity index (χ0n) is 8.95. The molecule has 3 nitrogen and oxygen atoms in total. The van der Waals surface area contributed by atoms with Crippen LogP contribution in [-0.2, 0) is 0 Å². The lowest BCUT2D eigenvalue weighted by atomic mass is 10.2. The lowest BCUT2D eigenvalue weighted by Gasteiger charge is -2.07. The molecule has 1 heterocycles. The van der Waals surface area contributed by atoms with Crippen molar-refractivity contribution in [1.82, 2.24) is 4.98 Å². The van der Waals surface area contributed by atoms with Crippen LogP contribution in [-0.4, -0.2) is 10.9 Å². The van der Waals surface area contributed by atoms with Crippen molar-refractivity contribution in [2.24, 2.45) is 0 Å². The molecule has 0 spiro atoms. The number of rotatable bonds is 2. The molecule has 0 radical (unpaired) electrons. The van der Waals surface area contributed by atoms with Crippen molar-refractivity contribution in [3.05, 3.63) is 58.9 Å². The first-order chi connectivity index (χ1) is 8.58. The first-order valence-corrected chi connectivity index (χ1v) is 5.32. The van der Waals surface area contributed by atoms with Gasteiger partial charge in [-0.25, -0.2) is 13.8 Å². The van der Waals surface area contributed by atoms with Crippen LogP contribution in [0.15, 0.2) is 36.5 Å². The monoisotopic (exact) mass is 268 g/mol. The second kappa shape index (κ2) is 5.10. The Morgan fingerprint density at radius 1 is 1.22 bits per heavy atom. The van der Waals surface area contributed by atoms with Crippen LogP contribution < -0.4 is 5.32 Å². The minimum atomic E-state index is -0.844. The Morgan fingerprint density at radius 3 is 2.50 bits per heavy atom. The normalized spacial score (nSPS) is 10.2. The highest BCUT2D eigenvalue weighted by molar-refractivity contribution is 6.29. The summed E-state index contributed by atoms with van der Waals surface area (Å²) >= 11 is 5.62. The van der Waals surface area contributed by atoms with Gasteiger partial charge in [0.1, 0.15) is 22.5 Å². The number of nitrogens with zero attached hydrogens (tertiary/aromatic N) is 1. The van der Waals surface area contributed by atoms with Crippen molar-refractivity contribution in [2.75, 3.05) is 5.32 Å². The van der Waals surface area contributed by atoms with E-state index in [4.69, 9.17) is 11.6 Å². The van der Waals surface area contributed by atoms with Crippen LogP contribution >= 0.6 is 11.6 Å². The number of para-hydroxylation sites is 1. The minimum absolute atomic E-state index is 0.122. The Hall–Kier alpha value is -2.01. The number of carbonyl (C=O) groups is 1. The van der Waals surface area contributed by atoms with E-state index >= 15 is 0 Å². The summed E-state index contributed by atoms with van der Waals surface area (Å²) in [7, 11) is 0. The van der Waals surface area contributed by atoms with E-state index in [0.717, 1.165) is 12.1 Å². The molecule has 2 rings (SSSR count). The van der Waals surface area contributed by atoms with Gasteiger partial charge in [-0.1, -0.05) is 17.7 Å². The summed E-state index contributed by atoms with van der Waals surface area (Å²) in [6.07, 6.45) is 1.33. The van der Waals surface area contributed by atoms with E-state index in [1.54, 1.807) is 0 Å². The van der Waals surface area contributed by atoms with Gasteiger partial charge >= 0.3 is 0 Å². The Morgan fingerprint density at radius 2 is 1.89 bits per heavy atom. The molecule has 2 aromatic rings. The summed E-state index contributed by atoms with van der Waals surface area (Å²) in [5, 5.41) is 2.27. The molecule has 0 bridgehead atoms. The Balaban J connectivity index is 2.27. The fourth-order valence-corrected chi connectivity index (χ4v) is 1.52. The van der Waals surface area contributed by atoms with Gasteiger partial charge in [-0.15, -0.1) is 0 Å². The summed E-state index contributed by atoms with van der Waals surface area (Å²) < 4.78 is 26.6. The molecule has 18 heavy (non-hydrogen) atoms. The Bertz CT molecular complexity index is 584. The summed E-state index contributed by atoms with van der Waals surface area (Å²) in [6.45, 7) is 0. The van der Waals surface area contributed by atoms with Crippen LogP contribution in [0.3, 0.4) is 0 Å². The summed E-state index contributed by atoms with van der Waals surface area (Å²) in [6, 6.07) is 6.01. The third-order valence-corrected chi connectivity index (χ3v) is 2.40. The van der Waals surface area contributed by atoms with Gasteiger partial charge in [-0.05, 0) is 24.3 Å². The lowest BCUT2D eigenvalue weighted by molar-refractivity contribution is 0.102. The zero-order chi connectivity index (χ0) is 13.1. The van der Waals surface area contributed by atoms with E-state index in [1.165, 1.54) is 24.4 Å². The molecular formula is C12H7ClF2N2O. The number of nitrogens with one attached hydrogen (secondary N) is 1. The Kier molecular flexibility index (Phi) is 3.53. The second-order valence-corrected chi connectivity index (χ2v) is 3.81. The third kappa shape index (κ3) is 2.62. The molecule has 1 aromatic carbocycles. The summed E-state index contributed by atoms with van der Waals surface area (Å²) in [5.74, 6) is -2.35. The Labute approximate surface area is 106 Å². The smallest absolute Gasteiger partial charge is 0.255 e. The van der Waals surface area contributed by atoms with Crippen LogP contribution in [0.4, 0.5) is 14.5 Å². The van der Waals surface area contributed by atoms with E-state index in [9.17, 15) is 13.6 Å². The molecule has 0 aliphatic carbocycles. The van der Waals surface area contributed by atoms with Crippen LogP contribution in [0.2, 0.25) is 5.15 Å². The highest BCUT2D eigenvalue weighted by Crippen LogP contribution is 2.19. The third-order valence-electron chi connectivity index (χ3n) is 2.19. The number of amides is 1. The first-order valence-electron chi connectivity index (χ1n) is 4.95. The van der Waals surface area contributed by atoms with Crippen molar-refractivity contribution >= 4 is 23.2 Å². The first kappa shape index (κ1) is 12.4. The molecule has 0 unspecified atom stereocenters. The molecule has 0 atom stereocenters. The van der Waals surface area contributed by atoms with Gasteiger partial charge in [-0.2, -0.15) is 0 Å². The maximum atomic E-state index is 13.3. The van der Waals surface area contributed by atoms with Gasteiger partial charge < -0.3 is 5.32 Å². The number of carbonyl (C=O) groups excluding carboxylic acids is 1. The number of hydrogen-bond donors (Lipinski definition) is 1. The predicted octanol–water partition coefficient (Wildman–Crippen LogP) is 3.27. The number of aromatic nitrogens is 1. The van der Waals surface area contributed by atoms with Gasteiger partial charge in [0, 0.05) is 11.8 Å². The van der Waals surface area contributed by atoms with Crippen molar-refractivity contribution in [3.63, 3.8) is 0 Å². The van der Waals surface area contributed by atoms with Gasteiger partial charge in [-0.3, -0.25) is 4.79 Å². The fraction of sp³-hybridized carbons (Fsp3) is 0. The zero-order valence-corrected chi connectivity index (χ0v) is 9.71. The molecule has 1 amide bonds. The molecule has 0 fully saturated rings. The number of pyridine rings is 1. The van der Waals surface area contributed by atoms with Crippen LogP contribution in [0.1, 0.15) is 10.4 Å². The maximum absolute atomic E-state index is 13.3. The van der Waals surface area contributed by atoms with E-state index in [2.05, 4.69) is 10.3 Å². The van der Waals surface area contributed by atoms with Gasteiger partial charge in [0.15, 0.2) is 0 Å². The maximum Gasteiger partial charge on any atom is 0.255 e.